The summed E-state index contributed by atoms with van der Waals surface area (Å²) >= 11 is 0. The number of carbonyl (C=O) groups excluding carboxylic acids is 3. The number of carbonyl (C=O) groups is 3. The van der Waals surface area contributed by atoms with Crippen LogP contribution in [0.3, 0.4) is 0 Å². The summed E-state index contributed by atoms with van der Waals surface area (Å²) in [6.07, 6.45) is 94.6. The molecule has 0 aromatic rings. The van der Waals surface area contributed by atoms with Gasteiger partial charge in [-0.15, -0.1) is 0 Å². The van der Waals surface area contributed by atoms with Crippen LogP contribution in [-0.4, -0.2) is 37.2 Å². The van der Waals surface area contributed by atoms with Crippen LogP contribution in [0, 0.1) is 0 Å². The van der Waals surface area contributed by atoms with E-state index in [2.05, 4.69) is 203 Å². The van der Waals surface area contributed by atoms with Crippen LogP contribution >= 0.6 is 0 Å². The third-order valence-electron chi connectivity index (χ3n) is 11.9. The van der Waals surface area contributed by atoms with Crippen molar-refractivity contribution >= 4 is 17.9 Å². The van der Waals surface area contributed by atoms with Crippen LogP contribution in [0.25, 0.3) is 0 Å². The van der Waals surface area contributed by atoms with Crippen LogP contribution in [-0.2, 0) is 28.6 Å². The molecule has 0 saturated carbocycles. The highest BCUT2D eigenvalue weighted by atomic mass is 16.6. The van der Waals surface area contributed by atoms with Gasteiger partial charge in [0, 0.05) is 19.3 Å². The Hall–Kier alpha value is -5.49. The van der Waals surface area contributed by atoms with Gasteiger partial charge in [-0.3, -0.25) is 14.4 Å². The van der Waals surface area contributed by atoms with E-state index in [0.29, 0.717) is 19.3 Å². The van der Waals surface area contributed by atoms with Gasteiger partial charge in [0.25, 0.3) is 0 Å². The summed E-state index contributed by atoms with van der Waals surface area (Å²) in [7, 11) is 0. The monoisotopic (exact) mass is 1060 g/mol. The summed E-state index contributed by atoms with van der Waals surface area (Å²) in [5.41, 5.74) is 0. The quantitative estimate of drug-likeness (QED) is 0.0261. The molecule has 428 valence electrons. The maximum atomic E-state index is 12.9. The van der Waals surface area contributed by atoms with Gasteiger partial charge in [-0.05, 0) is 154 Å². The Bertz CT molecular complexity index is 1840. The molecule has 1 unspecified atom stereocenters. The van der Waals surface area contributed by atoms with Crippen LogP contribution in [0.4, 0.5) is 0 Å². The van der Waals surface area contributed by atoms with Crippen molar-refractivity contribution in [3.05, 3.63) is 182 Å². The van der Waals surface area contributed by atoms with Crippen LogP contribution in [0.1, 0.15) is 226 Å². The zero-order valence-electron chi connectivity index (χ0n) is 48.9. The minimum absolute atomic E-state index is 0.131. The maximum Gasteiger partial charge on any atom is 0.306 e. The highest BCUT2D eigenvalue weighted by Gasteiger charge is 2.19. The summed E-state index contributed by atoms with van der Waals surface area (Å²) in [5.74, 6) is -1.06. The average Bonchev–Trinajstić information content (AvgIpc) is 3.43. The Morgan fingerprint density at radius 3 is 0.870 bits per heavy atom. The fraction of sp³-hybridized carbons (Fsp3) is 0.535. The molecular formula is C71H108O6. The fourth-order valence-electron chi connectivity index (χ4n) is 7.40. The lowest BCUT2D eigenvalue weighted by atomic mass is 10.1. The Morgan fingerprint density at radius 1 is 0.273 bits per heavy atom. The van der Waals surface area contributed by atoms with Crippen molar-refractivity contribution in [1.82, 2.24) is 0 Å². The first-order valence-electron chi connectivity index (χ1n) is 30.3. The molecule has 0 saturated heterocycles. The summed E-state index contributed by atoms with van der Waals surface area (Å²) in [4.78, 5) is 38.2. The maximum absolute atomic E-state index is 12.9. The summed E-state index contributed by atoms with van der Waals surface area (Å²) < 4.78 is 16.8. The number of unbranched alkanes of at least 4 members (excludes halogenated alkanes) is 11. The van der Waals surface area contributed by atoms with Crippen molar-refractivity contribution in [3.8, 4) is 0 Å². The summed E-state index contributed by atoms with van der Waals surface area (Å²) in [6.45, 7) is 6.27. The molecule has 0 aliphatic carbocycles. The van der Waals surface area contributed by atoms with Gasteiger partial charge >= 0.3 is 17.9 Å². The molecule has 0 bridgehead atoms. The molecule has 77 heavy (non-hydrogen) atoms. The van der Waals surface area contributed by atoms with E-state index >= 15 is 0 Å². The standard InChI is InChI=1S/C71H108O6/c1-4-7-10-13-16-19-22-25-28-30-32-34-35-37-38-40-43-46-49-52-55-58-61-64-70(73)76-67-68(66-75-69(72)63-60-57-54-51-48-45-42-27-24-21-18-15-12-9-6-3)77-71(74)65-62-59-56-53-50-47-44-41-39-36-33-31-29-26-23-20-17-14-11-8-5-2/h7-8,10-11,16-21,25-29,32-34,36-38,41-44,46,50,52-53,55,68H,4-6,9,12-15,22-24,30-31,35,39-40,45,47-49,51,54,56-67H2,1-3H3/b10-7-,11-8-,19-16-,20-17-,21-18-,28-25-,29-26-,34-32-,36-33-,38-37-,42-27-,44-41-,46-43-,53-50-,55-52-. The Kier molecular flexibility index (Phi) is 58.6. The third kappa shape index (κ3) is 61.2. The van der Waals surface area contributed by atoms with E-state index in [1.165, 1.54) is 25.7 Å². The van der Waals surface area contributed by atoms with E-state index in [1.807, 2.05) is 0 Å². The molecule has 0 N–H and O–H groups in total. The van der Waals surface area contributed by atoms with Gasteiger partial charge in [-0.2, -0.15) is 0 Å². The van der Waals surface area contributed by atoms with Gasteiger partial charge in [-0.25, -0.2) is 0 Å². The number of ether oxygens (including phenoxy) is 3. The topological polar surface area (TPSA) is 78.9 Å². The van der Waals surface area contributed by atoms with Crippen molar-refractivity contribution in [2.75, 3.05) is 13.2 Å². The molecule has 6 nitrogen and oxygen atoms in total. The molecule has 0 aromatic carbocycles. The van der Waals surface area contributed by atoms with Gasteiger partial charge in [0.05, 0.1) is 0 Å². The molecule has 6 heteroatoms. The Balaban J connectivity index is 4.62. The minimum Gasteiger partial charge on any atom is -0.462 e. The number of hydrogen-bond acceptors (Lipinski definition) is 6. The van der Waals surface area contributed by atoms with Crippen molar-refractivity contribution in [1.29, 1.82) is 0 Å². The van der Waals surface area contributed by atoms with Crippen LogP contribution in [0.15, 0.2) is 182 Å². The Morgan fingerprint density at radius 2 is 0.519 bits per heavy atom. The predicted molar refractivity (Wildman–Crippen MR) is 334 cm³/mol. The van der Waals surface area contributed by atoms with Crippen LogP contribution in [0.5, 0.6) is 0 Å². The van der Waals surface area contributed by atoms with Gasteiger partial charge < -0.3 is 14.2 Å². The normalized spacial score (nSPS) is 13.4. The lowest BCUT2D eigenvalue weighted by Gasteiger charge is -2.18. The average molecular weight is 1060 g/mol. The number of hydrogen-bond donors (Lipinski definition) is 0. The minimum atomic E-state index is -0.843. The van der Waals surface area contributed by atoms with Crippen LogP contribution in [0.2, 0.25) is 0 Å². The largest absolute Gasteiger partial charge is 0.462 e. The molecule has 0 spiro atoms. The van der Waals surface area contributed by atoms with Crippen molar-refractivity contribution in [2.45, 2.75) is 232 Å². The fourth-order valence-corrected chi connectivity index (χ4v) is 7.40. The molecule has 1 atom stereocenters. The molecule has 0 heterocycles. The van der Waals surface area contributed by atoms with Crippen molar-refractivity contribution < 1.29 is 28.6 Å². The third-order valence-corrected chi connectivity index (χ3v) is 11.9. The first kappa shape index (κ1) is 71.5. The lowest BCUT2D eigenvalue weighted by molar-refractivity contribution is -0.167. The first-order chi connectivity index (χ1) is 38.0. The summed E-state index contributed by atoms with van der Waals surface area (Å²) in [6, 6.07) is 0. The van der Waals surface area contributed by atoms with E-state index in [9.17, 15) is 14.4 Å². The molecule has 0 amide bonds. The zero-order chi connectivity index (χ0) is 55.7. The molecule has 0 rings (SSSR count). The first-order valence-corrected chi connectivity index (χ1v) is 30.3. The zero-order valence-corrected chi connectivity index (χ0v) is 48.9. The van der Waals surface area contributed by atoms with E-state index in [0.717, 1.165) is 148 Å². The highest BCUT2D eigenvalue weighted by molar-refractivity contribution is 5.71. The van der Waals surface area contributed by atoms with Gasteiger partial charge in [0.2, 0.25) is 0 Å². The second kappa shape index (κ2) is 63.0. The molecule has 0 aliphatic heterocycles. The van der Waals surface area contributed by atoms with E-state index in [1.54, 1.807) is 0 Å². The molecule has 0 radical (unpaired) electrons. The Labute approximate surface area is 472 Å². The molecular weight excluding hydrogens is 949 g/mol. The molecule has 0 aliphatic rings. The number of allylic oxidation sites excluding steroid dienone is 30. The second-order valence-electron chi connectivity index (χ2n) is 19.1. The van der Waals surface area contributed by atoms with Crippen LogP contribution < -0.4 is 0 Å². The highest BCUT2D eigenvalue weighted by Crippen LogP contribution is 2.12. The van der Waals surface area contributed by atoms with E-state index < -0.39 is 6.10 Å². The summed E-state index contributed by atoms with van der Waals surface area (Å²) in [5, 5.41) is 0. The van der Waals surface area contributed by atoms with Crippen molar-refractivity contribution in [3.63, 3.8) is 0 Å². The SMILES string of the molecule is CC/C=C\C/C=C\C/C=C\C/C=C\C/C=C\C/C=C\C/C=C\CCCC(=O)OCC(COC(=O)CCCCCCC/C=C\C/C=C\CCCCC)OC(=O)CCCC/C=C\C/C=C\C/C=C\C/C=C\C/C=C\C/C=C\CC. The van der Waals surface area contributed by atoms with E-state index in [4.69, 9.17) is 14.2 Å². The van der Waals surface area contributed by atoms with E-state index in [-0.39, 0.29) is 44.0 Å². The number of rotatable bonds is 52. The number of esters is 3. The second-order valence-corrected chi connectivity index (χ2v) is 19.1. The van der Waals surface area contributed by atoms with Crippen molar-refractivity contribution in [2.24, 2.45) is 0 Å². The molecule has 0 fully saturated rings. The predicted octanol–water partition coefficient (Wildman–Crippen LogP) is 20.9. The molecule has 0 aromatic heterocycles. The van der Waals surface area contributed by atoms with Gasteiger partial charge in [0.15, 0.2) is 6.10 Å². The smallest absolute Gasteiger partial charge is 0.306 e. The van der Waals surface area contributed by atoms with Gasteiger partial charge in [0.1, 0.15) is 13.2 Å². The lowest BCUT2D eigenvalue weighted by Crippen LogP contribution is -2.30. The van der Waals surface area contributed by atoms with Gasteiger partial charge in [-0.1, -0.05) is 235 Å².